The van der Waals surface area contributed by atoms with Crippen LogP contribution in [-0.4, -0.2) is 13.1 Å². The lowest BCUT2D eigenvalue weighted by atomic mass is 9.94. The molecule has 1 N–H and O–H groups in total. The summed E-state index contributed by atoms with van der Waals surface area (Å²) in [7, 11) is 0. The van der Waals surface area contributed by atoms with E-state index in [1.165, 1.54) is 10.0 Å². The molecule has 0 bridgehead atoms. The lowest BCUT2D eigenvalue weighted by Gasteiger charge is -2.18. The van der Waals surface area contributed by atoms with E-state index >= 15 is 0 Å². The third-order valence-electron chi connectivity index (χ3n) is 3.19. The molecule has 1 unspecified atom stereocenters. The molecule has 1 heterocycles. The molecule has 0 aliphatic rings. The van der Waals surface area contributed by atoms with Gasteiger partial charge in [0, 0.05) is 23.4 Å². The first-order valence-corrected chi connectivity index (χ1v) is 7.58. The minimum Gasteiger partial charge on any atom is -0.469 e. The monoisotopic (exact) mass is 321 g/mol. The minimum atomic E-state index is 0.424. The number of benzene rings is 1. The van der Waals surface area contributed by atoms with Crippen LogP contribution in [0.5, 0.6) is 0 Å². The van der Waals surface area contributed by atoms with Crippen molar-refractivity contribution in [2.75, 3.05) is 13.1 Å². The SMILES string of the molecule is CCCNCC(Cc1ccco1)c1ccccc1Br. The maximum atomic E-state index is 5.49. The molecular weight excluding hydrogens is 302 g/mol. The molecule has 0 spiro atoms. The van der Waals surface area contributed by atoms with E-state index in [4.69, 9.17) is 4.42 Å². The van der Waals surface area contributed by atoms with Gasteiger partial charge in [0.25, 0.3) is 0 Å². The average molecular weight is 322 g/mol. The zero-order valence-electron chi connectivity index (χ0n) is 11.2. The molecule has 1 aromatic heterocycles. The van der Waals surface area contributed by atoms with E-state index < -0.39 is 0 Å². The van der Waals surface area contributed by atoms with Crippen LogP contribution >= 0.6 is 15.9 Å². The van der Waals surface area contributed by atoms with Gasteiger partial charge >= 0.3 is 0 Å². The standard InChI is InChI=1S/C16H20BrNO/c1-2-9-18-12-13(11-14-6-5-10-19-14)15-7-3-4-8-16(15)17/h3-8,10,13,18H,2,9,11-12H2,1H3. The number of furan rings is 1. The van der Waals surface area contributed by atoms with Gasteiger partial charge in [-0.3, -0.25) is 0 Å². The maximum absolute atomic E-state index is 5.49. The largest absolute Gasteiger partial charge is 0.469 e. The second kappa shape index (κ2) is 7.51. The molecule has 2 nitrogen and oxygen atoms in total. The third kappa shape index (κ3) is 4.22. The topological polar surface area (TPSA) is 25.2 Å². The van der Waals surface area contributed by atoms with Crippen molar-refractivity contribution < 1.29 is 4.42 Å². The van der Waals surface area contributed by atoms with E-state index in [2.05, 4.69) is 52.4 Å². The van der Waals surface area contributed by atoms with E-state index in [1.54, 1.807) is 6.26 Å². The van der Waals surface area contributed by atoms with Crippen LogP contribution in [0.4, 0.5) is 0 Å². The molecular formula is C16H20BrNO. The Morgan fingerprint density at radius 3 is 2.74 bits per heavy atom. The Labute approximate surface area is 123 Å². The first-order valence-electron chi connectivity index (χ1n) is 6.78. The van der Waals surface area contributed by atoms with Crippen LogP contribution in [0.25, 0.3) is 0 Å². The van der Waals surface area contributed by atoms with E-state index in [0.29, 0.717) is 5.92 Å². The summed E-state index contributed by atoms with van der Waals surface area (Å²) in [6.07, 6.45) is 3.82. The summed E-state index contributed by atoms with van der Waals surface area (Å²) in [6.45, 7) is 4.21. The molecule has 0 aliphatic carbocycles. The number of rotatable bonds is 7. The predicted octanol–water partition coefficient (Wildman–Crippen LogP) is 4.37. The Balaban J connectivity index is 2.11. The zero-order valence-corrected chi connectivity index (χ0v) is 12.8. The van der Waals surface area contributed by atoms with Gasteiger partial charge in [0.15, 0.2) is 0 Å². The van der Waals surface area contributed by atoms with Crippen molar-refractivity contribution in [2.24, 2.45) is 0 Å². The summed E-state index contributed by atoms with van der Waals surface area (Å²) in [5.41, 5.74) is 1.34. The van der Waals surface area contributed by atoms with Crippen molar-refractivity contribution in [2.45, 2.75) is 25.7 Å². The smallest absolute Gasteiger partial charge is 0.104 e. The number of halogens is 1. The quantitative estimate of drug-likeness (QED) is 0.766. The van der Waals surface area contributed by atoms with Gasteiger partial charge in [0.05, 0.1) is 6.26 Å². The summed E-state index contributed by atoms with van der Waals surface area (Å²) >= 11 is 3.65. The van der Waals surface area contributed by atoms with Crippen LogP contribution < -0.4 is 5.32 Å². The summed E-state index contributed by atoms with van der Waals surface area (Å²) in [6, 6.07) is 12.4. The van der Waals surface area contributed by atoms with Crippen LogP contribution in [0.2, 0.25) is 0 Å². The lowest BCUT2D eigenvalue weighted by Crippen LogP contribution is -2.23. The van der Waals surface area contributed by atoms with E-state index in [9.17, 15) is 0 Å². The fourth-order valence-electron chi connectivity index (χ4n) is 2.22. The van der Waals surface area contributed by atoms with Crippen LogP contribution in [-0.2, 0) is 6.42 Å². The molecule has 3 heteroatoms. The third-order valence-corrected chi connectivity index (χ3v) is 3.91. The van der Waals surface area contributed by atoms with Gasteiger partial charge in [-0.25, -0.2) is 0 Å². The summed E-state index contributed by atoms with van der Waals surface area (Å²) in [4.78, 5) is 0. The molecule has 0 aliphatic heterocycles. The molecule has 19 heavy (non-hydrogen) atoms. The predicted molar refractivity (Wildman–Crippen MR) is 82.5 cm³/mol. The highest BCUT2D eigenvalue weighted by molar-refractivity contribution is 9.10. The molecule has 0 saturated heterocycles. The summed E-state index contributed by atoms with van der Waals surface area (Å²) in [5.74, 6) is 1.47. The Kier molecular flexibility index (Phi) is 5.67. The number of hydrogen-bond acceptors (Lipinski definition) is 2. The fourth-order valence-corrected chi connectivity index (χ4v) is 2.83. The molecule has 0 fully saturated rings. The van der Waals surface area contributed by atoms with E-state index in [-0.39, 0.29) is 0 Å². The van der Waals surface area contributed by atoms with Crippen molar-refractivity contribution in [3.63, 3.8) is 0 Å². The normalized spacial score (nSPS) is 12.5. The Bertz CT molecular complexity index is 481. The second-order valence-electron chi connectivity index (χ2n) is 4.71. The highest BCUT2D eigenvalue weighted by atomic mass is 79.9. The van der Waals surface area contributed by atoms with Crippen LogP contribution in [0, 0.1) is 0 Å². The van der Waals surface area contributed by atoms with Crippen LogP contribution in [0.1, 0.15) is 30.6 Å². The van der Waals surface area contributed by atoms with Crippen LogP contribution in [0.3, 0.4) is 0 Å². The van der Waals surface area contributed by atoms with Crippen molar-refractivity contribution in [1.82, 2.24) is 5.32 Å². The highest BCUT2D eigenvalue weighted by Gasteiger charge is 2.16. The molecule has 2 aromatic rings. The number of hydrogen-bond donors (Lipinski definition) is 1. The van der Waals surface area contributed by atoms with Crippen molar-refractivity contribution in [1.29, 1.82) is 0 Å². The Morgan fingerprint density at radius 2 is 2.05 bits per heavy atom. The zero-order chi connectivity index (χ0) is 13.5. The molecule has 0 saturated carbocycles. The molecule has 102 valence electrons. The molecule has 1 aromatic carbocycles. The lowest BCUT2D eigenvalue weighted by molar-refractivity contribution is 0.472. The molecule has 1 atom stereocenters. The van der Waals surface area contributed by atoms with Gasteiger partial charge in [-0.1, -0.05) is 41.1 Å². The first kappa shape index (κ1) is 14.4. The van der Waals surface area contributed by atoms with Crippen molar-refractivity contribution in [3.05, 3.63) is 58.5 Å². The van der Waals surface area contributed by atoms with Gasteiger partial charge in [-0.2, -0.15) is 0 Å². The Morgan fingerprint density at radius 1 is 1.21 bits per heavy atom. The fraction of sp³-hybridized carbons (Fsp3) is 0.375. The van der Waals surface area contributed by atoms with Gasteiger partial charge in [0.2, 0.25) is 0 Å². The first-order chi connectivity index (χ1) is 9.31. The van der Waals surface area contributed by atoms with Crippen LogP contribution in [0.15, 0.2) is 51.6 Å². The maximum Gasteiger partial charge on any atom is 0.104 e. The average Bonchev–Trinajstić information content (AvgIpc) is 2.91. The Hall–Kier alpha value is -1.06. The number of nitrogens with one attached hydrogen (secondary N) is 1. The van der Waals surface area contributed by atoms with E-state index in [1.807, 2.05) is 12.1 Å². The highest BCUT2D eigenvalue weighted by Crippen LogP contribution is 2.27. The van der Waals surface area contributed by atoms with Gasteiger partial charge < -0.3 is 9.73 Å². The molecule has 0 radical (unpaired) electrons. The van der Waals surface area contributed by atoms with Crippen molar-refractivity contribution >= 4 is 15.9 Å². The molecule has 0 amide bonds. The summed E-state index contributed by atoms with van der Waals surface area (Å²) < 4.78 is 6.66. The van der Waals surface area contributed by atoms with E-state index in [0.717, 1.165) is 31.7 Å². The van der Waals surface area contributed by atoms with Crippen molar-refractivity contribution in [3.8, 4) is 0 Å². The minimum absolute atomic E-state index is 0.424. The van der Waals surface area contributed by atoms with Gasteiger partial charge in [0.1, 0.15) is 5.76 Å². The summed E-state index contributed by atoms with van der Waals surface area (Å²) in [5, 5.41) is 3.51. The second-order valence-corrected chi connectivity index (χ2v) is 5.56. The molecule has 2 rings (SSSR count). The van der Waals surface area contributed by atoms with Gasteiger partial charge in [-0.05, 0) is 36.7 Å². The van der Waals surface area contributed by atoms with Gasteiger partial charge in [-0.15, -0.1) is 0 Å².